The van der Waals surface area contributed by atoms with Crippen molar-refractivity contribution in [2.24, 2.45) is 7.05 Å². The van der Waals surface area contributed by atoms with Crippen LogP contribution in [0.1, 0.15) is 0 Å². The summed E-state index contributed by atoms with van der Waals surface area (Å²) in [4.78, 5) is 16.6. The Labute approximate surface area is 96.4 Å². The van der Waals surface area contributed by atoms with Crippen LogP contribution in [0, 0.1) is 0 Å². The lowest BCUT2D eigenvalue weighted by Crippen LogP contribution is -1.98. The lowest BCUT2D eigenvalue weighted by molar-refractivity contribution is 0.776. The Morgan fingerprint density at radius 3 is 2.88 bits per heavy atom. The molecule has 0 aliphatic rings. The topological polar surface area (TPSA) is 95.4 Å². The molecule has 3 aromatic rings. The molecule has 0 radical (unpaired) electrons. The molecule has 0 aromatic carbocycles. The van der Waals surface area contributed by atoms with Crippen LogP contribution in [0.5, 0.6) is 0 Å². The number of anilines is 1. The second kappa shape index (κ2) is 3.48. The van der Waals surface area contributed by atoms with E-state index in [1.54, 1.807) is 29.5 Å². The van der Waals surface area contributed by atoms with Crippen molar-refractivity contribution in [2.75, 3.05) is 5.73 Å². The molecule has 0 atom stereocenters. The third-order valence-corrected chi connectivity index (χ3v) is 2.32. The molecule has 7 heteroatoms. The van der Waals surface area contributed by atoms with Gasteiger partial charge in [0.15, 0.2) is 11.5 Å². The highest BCUT2D eigenvalue weighted by molar-refractivity contribution is 5.86. The third-order valence-electron chi connectivity index (χ3n) is 2.32. The van der Waals surface area contributed by atoms with E-state index in [0.717, 1.165) is 5.39 Å². The Morgan fingerprint density at radius 1 is 1.24 bits per heavy atom. The number of aromatic nitrogens is 6. The van der Waals surface area contributed by atoms with Crippen molar-refractivity contribution < 1.29 is 0 Å². The van der Waals surface area contributed by atoms with Crippen LogP contribution in [0.15, 0.2) is 24.8 Å². The van der Waals surface area contributed by atoms with Crippen LogP contribution < -0.4 is 5.73 Å². The molecular formula is C10H9N7. The number of hydrogen-bond donors (Lipinski definition) is 1. The summed E-state index contributed by atoms with van der Waals surface area (Å²) in [6.07, 6.45) is 6.54. The van der Waals surface area contributed by atoms with Gasteiger partial charge in [-0.3, -0.25) is 9.67 Å². The smallest absolute Gasteiger partial charge is 0.187 e. The second-order valence-corrected chi connectivity index (χ2v) is 3.56. The van der Waals surface area contributed by atoms with Crippen molar-refractivity contribution in [1.29, 1.82) is 0 Å². The van der Waals surface area contributed by atoms with Gasteiger partial charge in [-0.1, -0.05) is 0 Å². The summed E-state index contributed by atoms with van der Waals surface area (Å²) in [5, 5.41) is 4.93. The molecule has 7 nitrogen and oxygen atoms in total. The molecule has 0 saturated carbocycles. The zero-order valence-corrected chi connectivity index (χ0v) is 9.07. The Bertz CT molecular complexity index is 674. The highest BCUT2D eigenvalue weighted by atomic mass is 15.3. The molecule has 0 fully saturated rings. The summed E-state index contributed by atoms with van der Waals surface area (Å²) in [5.74, 6) is 0.825. The first kappa shape index (κ1) is 9.64. The largest absolute Gasteiger partial charge is 0.383 e. The second-order valence-electron chi connectivity index (χ2n) is 3.56. The van der Waals surface area contributed by atoms with Gasteiger partial charge >= 0.3 is 0 Å². The molecule has 0 unspecified atom stereocenters. The van der Waals surface area contributed by atoms with Crippen molar-refractivity contribution in [3.8, 4) is 11.5 Å². The minimum atomic E-state index is 0.392. The van der Waals surface area contributed by atoms with Crippen LogP contribution in [-0.2, 0) is 7.05 Å². The summed E-state index contributed by atoms with van der Waals surface area (Å²) in [6, 6.07) is 0. The van der Waals surface area contributed by atoms with Gasteiger partial charge in [0.05, 0.1) is 11.6 Å². The lowest BCUT2D eigenvalue weighted by Gasteiger charge is -1.99. The minimum absolute atomic E-state index is 0.392. The summed E-state index contributed by atoms with van der Waals surface area (Å²) >= 11 is 0. The predicted molar refractivity (Wildman–Crippen MR) is 61.7 cm³/mol. The normalized spacial score (nSPS) is 10.9. The van der Waals surface area contributed by atoms with Gasteiger partial charge in [0.25, 0.3) is 0 Å². The van der Waals surface area contributed by atoms with Gasteiger partial charge in [-0.05, 0) is 0 Å². The number of nitrogen functional groups attached to an aromatic ring is 1. The quantitative estimate of drug-likeness (QED) is 0.646. The van der Waals surface area contributed by atoms with Crippen LogP contribution in [0.4, 0.5) is 5.82 Å². The molecular weight excluding hydrogens is 218 g/mol. The summed E-state index contributed by atoms with van der Waals surface area (Å²) in [7, 11) is 1.81. The Hall–Kier alpha value is -2.57. The molecule has 17 heavy (non-hydrogen) atoms. The van der Waals surface area contributed by atoms with E-state index >= 15 is 0 Å². The monoisotopic (exact) mass is 227 g/mol. The number of rotatable bonds is 1. The molecule has 0 spiro atoms. The van der Waals surface area contributed by atoms with Gasteiger partial charge < -0.3 is 5.73 Å². The molecule has 3 rings (SSSR count). The fraction of sp³-hybridized carbons (Fsp3) is 0.100. The number of nitrogens with zero attached hydrogens (tertiary/aromatic N) is 6. The van der Waals surface area contributed by atoms with E-state index < -0.39 is 0 Å². The maximum atomic E-state index is 5.86. The van der Waals surface area contributed by atoms with Gasteiger partial charge in [0, 0.05) is 25.6 Å². The summed E-state index contributed by atoms with van der Waals surface area (Å²) < 4.78 is 1.65. The summed E-state index contributed by atoms with van der Waals surface area (Å²) in [6.45, 7) is 0. The Balaban J connectivity index is 2.25. The van der Waals surface area contributed by atoms with Crippen LogP contribution in [0.2, 0.25) is 0 Å². The molecule has 0 bridgehead atoms. The van der Waals surface area contributed by atoms with Crippen molar-refractivity contribution in [3.05, 3.63) is 24.8 Å². The fourth-order valence-electron chi connectivity index (χ4n) is 1.57. The maximum absolute atomic E-state index is 5.86. The van der Waals surface area contributed by atoms with E-state index in [4.69, 9.17) is 5.73 Å². The van der Waals surface area contributed by atoms with Gasteiger partial charge in [0.1, 0.15) is 11.5 Å². The molecule has 0 aliphatic heterocycles. The first-order valence-electron chi connectivity index (χ1n) is 4.97. The molecule has 0 aliphatic carbocycles. The zero-order valence-electron chi connectivity index (χ0n) is 9.07. The third kappa shape index (κ3) is 1.57. The van der Waals surface area contributed by atoms with Crippen molar-refractivity contribution in [3.63, 3.8) is 0 Å². The molecule has 0 amide bonds. The first-order chi connectivity index (χ1) is 8.24. The van der Waals surface area contributed by atoms with E-state index in [0.29, 0.717) is 23.0 Å². The Morgan fingerprint density at radius 2 is 2.12 bits per heavy atom. The van der Waals surface area contributed by atoms with Gasteiger partial charge in [-0.2, -0.15) is 5.10 Å². The molecule has 3 heterocycles. The van der Waals surface area contributed by atoms with Gasteiger partial charge in [0.2, 0.25) is 0 Å². The molecule has 0 saturated heterocycles. The van der Waals surface area contributed by atoms with Crippen molar-refractivity contribution >= 4 is 16.9 Å². The molecule has 2 N–H and O–H groups in total. The fourth-order valence-corrected chi connectivity index (χ4v) is 1.57. The number of hydrogen-bond acceptors (Lipinski definition) is 6. The minimum Gasteiger partial charge on any atom is -0.383 e. The van der Waals surface area contributed by atoms with Crippen LogP contribution in [0.3, 0.4) is 0 Å². The number of nitrogens with two attached hydrogens (primary N) is 1. The average Bonchev–Trinajstić information content (AvgIpc) is 2.71. The highest BCUT2D eigenvalue weighted by Crippen LogP contribution is 2.19. The number of aryl methyl sites for hydroxylation is 1. The van der Waals surface area contributed by atoms with Crippen molar-refractivity contribution in [1.82, 2.24) is 29.7 Å². The maximum Gasteiger partial charge on any atom is 0.187 e. The van der Waals surface area contributed by atoms with Gasteiger partial charge in [-0.25, -0.2) is 15.0 Å². The standard InChI is InChI=1S/C10H9N7/c1-17-5-6-8(11)14-10(15-9(6)16-17)7-4-12-2-3-13-7/h2-5H,1H3,(H2,11,14,15,16). The predicted octanol–water partition coefficient (Wildman–Crippen LogP) is 0.402. The van der Waals surface area contributed by atoms with Crippen molar-refractivity contribution in [2.45, 2.75) is 0 Å². The Kier molecular flexibility index (Phi) is 1.97. The van der Waals surface area contributed by atoms with Crippen LogP contribution in [0.25, 0.3) is 22.6 Å². The van der Waals surface area contributed by atoms with E-state index in [-0.39, 0.29) is 0 Å². The van der Waals surface area contributed by atoms with Crippen LogP contribution in [-0.4, -0.2) is 29.7 Å². The molecule has 84 valence electrons. The summed E-state index contributed by atoms with van der Waals surface area (Å²) in [5.41, 5.74) is 6.99. The first-order valence-corrected chi connectivity index (χ1v) is 4.97. The highest BCUT2D eigenvalue weighted by Gasteiger charge is 2.10. The average molecular weight is 227 g/mol. The molecule has 3 aromatic heterocycles. The zero-order chi connectivity index (χ0) is 11.8. The lowest BCUT2D eigenvalue weighted by atomic mass is 10.3. The van der Waals surface area contributed by atoms with E-state index in [9.17, 15) is 0 Å². The van der Waals surface area contributed by atoms with Gasteiger partial charge in [-0.15, -0.1) is 0 Å². The SMILES string of the molecule is Cn1cc2c(N)nc(-c3cnccn3)nc2n1. The van der Waals surface area contributed by atoms with E-state index in [1.165, 1.54) is 0 Å². The van der Waals surface area contributed by atoms with Crippen LogP contribution >= 0.6 is 0 Å². The van der Waals surface area contributed by atoms with E-state index in [2.05, 4.69) is 25.0 Å². The number of fused-ring (bicyclic) bond motifs is 1. The van der Waals surface area contributed by atoms with E-state index in [1.807, 2.05) is 7.05 Å².